The standard InChI is InChI=1S/C22H32N6O/c1-15(2)27-10-9-26(12-17-5-6-17)14-19(27)21-25-24-20-8-7-18(13-28(20)21)22(29)23-11-16-3-4-16/h7-8,13,15-17,19H,3-6,9-12,14H2,1-2H3,(H,23,29). The third kappa shape index (κ3) is 4.16. The normalized spacial score (nSPS) is 23.8. The summed E-state index contributed by atoms with van der Waals surface area (Å²) in [5, 5.41) is 12.1. The summed E-state index contributed by atoms with van der Waals surface area (Å²) in [6.07, 6.45) is 7.15. The van der Waals surface area contributed by atoms with E-state index in [9.17, 15) is 4.79 Å². The Bertz CT molecular complexity index is 885. The highest BCUT2D eigenvalue weighted by atomic mass is 16.1. The number of carbonyl (C=O) groups is 1. The molecule has 2 aromatic heterocycles. The van der Waals surface area contributed by atoms with E-state index >= 15 is 0 Å². The second-order valence-corrected chi connectivity index (χ2v) is 9.41. The first-order chi connectivity index (χ1) is 14.1. The van der Waals surface area contributed by atoms with Gasteiger partial charge < -0.3 is 5.32 Å². The molecule has 1 amide bonds. The molecule has 7 nitrogen and oxygen atoms in total. The molecular weight excluding hydrogens is 364 g/mol. The van der Waals surface area contributed by atoms with Gasteiger partial charge in [-0.15, -0.1) is 10.2 Å². The zero-order valence-corrected chi connectivity index (χ0v) is 17.5. The summed E-state index contributed by atoms with van der Waals surface area (Å²) in [6, 6.07) is 4.41. The number of amides is 1. The predicted octanol–water partition coefficient (Wildman–Crippen LogP) is 2.35. The molecule has 0 radical (unpaired) electrons. The van der Waals surface area contributed by atoms with E-state index in [0.717, 1.165) is 43.6 Å². The van der Waals surface area contributed by atoms with Gasteiger partial charge >= 0.3 is 0 Å². The van der Waals surface area contributed by atoms with Crippen LogP contribution in [0.5, 0.6) is 0 Å². The first kappa shape index (κ1) is 19.0. The van der Waals surface area contributed by atoms with E-state index in [1.165, 1.54) is 32.2 Å². The van der Waals surface area contributed by atoms with Crippen LogP contribution in [-0.4, -0.2) is 69.1 Å². The van der Waals surface area contributed by atoms with Crippen LogP contribution in [0, 0.1) is 11.8 Å². The number of nitrogens with one attached hydrogen (secondary N) is 1. The van der Waals surface area contributed by atoms with Crippen LogP contribution >= 0.6 is 0 Å². The highest BCUT2D eigenvalue weighted by molar-refractivity contribution is 5.94. The average molecular weight is 397 g/mol. The fraction of sp³-hybridized carbons (Fsp3) is 0.682. The predicted molar refractivity (Wildman–Crippen MR) is 112 cm³/mol. The fourth-order valence-electron chi connectivity index (χ4n) is 4.46. The second kappa shape index (κ2) is 7.69. The zero-order chi connectivity index (χ0) is 20.0. The first-order valence-electron chi connectivity index (χ1n) is 11.2. The summed E-state index contributed by atoms with van der Waals surface area (Å²) >= 11 is 0. The van der Waals surface area contributed by atoms with Gasteiger partial charge in [-0.05, 0) is 63.5 Å². The Hall–Kier alpha value is -1.99. The van der Waals surface area contributed by atoms with Crippen LogP contribution in [-0.2, 0) is 0 Å². The van der Waals surface area contributed by atoms with E-state index in [4.69, 9.17) is 0 Å². The largest absolute Gasteiger partial charge is 0.352 e. The Morgan fingerprint density at radius 3 is 2.66 bits per heavy atom. The smallest absolute Gasteiger partial charge is 0.252 e. The Labute approximate surface area is 172 Å². The number of carbonyl (C=O) groups excluding carboxylic acids is 1. The maximum atomic E-state index is 12.6. The van der Waals surface area contributed by atoms with E-state index in [-0.39, 0.29) is 11.9 Å². The molecule has 5 rings (SSSR count). The zero-order valence-electron chi connectivity index (χ0n) is 17.5. The van der Waals surface area contributed by atoms with E-state index < -0.39 is 0 Å². The maximum Gasteiger partial charge on any atom is 0.252 e. The lowest BCUT2D eigenvalue weighted by Crippen LogP contribution is -2.51. The summed E-state index contributed by atoms with van der Waals surface area (Å²) in [5.41, 5.74) is 1.49. The number of fused-ring (bicyclic) bond motifs is 1. The summed E-state index contributed by atoms with van der Waals surface area (Å²) < 4.78 is 2.03. The van der Waals surface area contributed by atoms with Gasteiger partial charge in [0.25, 0.3) is 5.91 Å². The van der Waals surface area contributed by atoms with Gasteiger partial charge in [-0.25, -0.2) is 0 Å². The van der Waals surface area contributed by atoms with Crippen LogP contribution in [0.2, 0.25) is 0 Å². The highest BCUT2D eigenvalue weighted by Crippen LogP contribution is 2.33. The molecule has 1 atom stereocenters. The summed E-state index contributed by atoms with van der Waals surface area (Å²) in [4.78, 5) is 17.7. The number of hydrogen-bond donors (Lipinski definition) is 1. The maximum absolute atomic E-state index is 12.6. The molecule has 7 heteroatoms. The third-order valence-electron chi connectivity index (χ3n) is 6.62. The minimum atomic E-state index is -0.00169. The van der Waals surface area contributed by atoms with E-state index in [0.29, 0.717) is 17.5 Å². The molecule has 1 unspecified atom stereocenters. The van der Waals surface area contributed by atoms with Crippen molar-refractivity contribution in [3.8, 4) is 0 Å². The second-order valence-electron chi connectivity index (χ2n) is 9.41. The molecule has 1 N–H and O–H groups in total. The Morgan fingerprint density at radius 1 is 1.14 bits per heavy atom. The Kier molecular flexibility index (Phi) is 5.04. The van der Waals surface area contributed by atoms with Gasteiger partial charge in [0.1, 0.15) is 0 Å². The molecule has 2 aliphatic carbocycles. The number of piperazine rings is 1. The number of pyridine rings is 1. The van der Waals surface area contributed by atoms with Gasteiger partial charge in [-0.3, -0.25) is 19.0 Å². The van der Waals surface area contributed by atoms with Crippen molar-refractivity contribution >= 4 is 11.6 Å². The van der Waals surface area contributed by atoms with Crippen molar-refractivity contribution in [3.05, 3.63) is 29.7 Å². The number of nitrogens with zero attached hydrogens (tertiary/aromatic N) is 5. The lowest BCUT2D eigenvalue weighted by molar-refractivity contribution is 0.0437. The van der Waals surface area contributed by atoms with Crippen molar-refractivity contribution in [2.45, 2.75) is 51.6 Å². The number of aromatic nitrogens is 3. The molecule has 156 valence electrons. The third-order valence-corrected chi connectivity index (χ3v) is 6.62. The molecule has 0 aromatic carbocycles. The van der Waals surface area contributed by atoms with Crippen molar-refractivity contribution in [1.82, 2.24) is 29.7 Å². The van der Waals surface area contributed by atoms with Gasteiger partial charge in [0.2, 0.25) is 0 Å². The Morgan fingerprint density at radius 2 is 1.93 bits per heavy atom. The van der Waals surface area contributed by atoms with Crippen molar-refractivity contribution in [2.75, 3.05) is 32.7 Å². The van der Waals surface area contributed by atoms with Crippen molar-refractivity contribution in [2.24, 2.45) is 11.8 Å². The average Bonchev–Trinajstić information content (AvgIpc) is 3.65. The quantitative estimate of drug-likeness (QED) is 0.778. The number of rotatable bonds is 7. The SMILES string of the molecule is CC(C)N1CCN(CC2CC2)CC1c1nnc2ccc(C(=O)NCC3CC3)cn12. The van der Waals surface area contributed by atoms with Crippen LogP contribution in [0.15, 0.2) is 18.3 Å². The molecule has 1 saturated heterocycles. The van der Waals surface area contributed by atoms with E-state index in [1.807, 2.05) is 22.7 Å². The highest BCUT2D eigenvalue weighted by Gasteiger charge is 2.35. The Balaban J connectivity index is 1.41. The van der Waals surface area contributed by atoms with Crippen LogP contribution < -0.4 is 5.32 Å². The fourth-order valence-corrected chi connectivity index (χ4v) is 4.46. The molecule has 0 bridgehead atoms. The van der Waals surface area contributed by atoms with Gasteiger partial charge in [0.05, 0.1) is 11.6 Å². The van der Waals surface area contributed by atoms with Gasteiger partial charge in [0.15, 0.2) is 11.5 Å². The van der Waals surface area contributed by atoms with Crippen molar-refractivity contribution in [3.63, 3.8) is 0 Å². The van der Waals surface area contributed by atoms with Gasteiger partial charge in [-0.2, -0.15) is 0 Å². The van der Waals surface area contributed by atoms with Gasteiger partial charge in [-0.1, -0.05) is 0 Å². The molecule has 1 aliphatic heterocycles. The molecule has 3 heterocycles. The molecule has 2 saturated carbocycles. The lowest BCUT2D eigenvalue weighted by atomic mass is 10.1. The molecule has 0 spiro atoms. The van der Waals surface area contributed by atoms with E-state index in [1.54, 1.807) is 0 Å². The topological polar surface area (TPSA) is 65.8 Å². The van der Waals surface area contributed by atoms with Gasteiger partial charge in [0, 0.05) is 45.0 Å². The molecular formula is C22H32N6O. The summed E-state index contributed by atoms with van der Waals surface area (Å²) in [7, 11) is 0. The monoisotopic (exact) mass is 396 g/mol. The minimum absolute atomic E-state index is 0.00169. The molecule has 3 fully saturated rings. The molecule has 29 heavy (non-hydrogen) atoms. The van der Waals surface area contributed by atoms with E-state index in [2.05, 4.69) is 39.2 Å². The van der Waals surface area contributed by atoms with Crippen LogP contribution in [0.4, 0.5) is 0 Å². The van der Waals surface area contributed by atoms with Crippen LogP contribution in [0.1, 0.15) is 61.8 Å². The van der Waals surface area contributed by atoms with Crippen LogP contribution in [0.3, 0.4) is 0 Å². The van der Waals surface area contributed by atoms with Crippen LogP contribution in [0.25, 0.3) is 5.65 Å². The molecule has 3 aliphatic rings. The molecule has 2 aromatic rings. The summed E-state index contributed by atoms with van der Waals surface area (Å²) in [5.74, 6) is 2.51. The lowest BCUT2D eigenvalue weighted by Gasteiger charge is -2.42. The number of hydrogen-bond acceptors (Lipinski definition) is 5. The first-order valence-corrected chi connectivity index (χ1v) is 11.2. The van der Waals surface area contributed by atoms with Crippen molar-refractivity contribution < 1.29 is 4.79 Å². The van der Waals surface area contributed by atoms with Crippen molar-refractivity contribution in [1.29, 1.82) is 0 Å². The minimum Gasteiger partial charge on any atom is -0.352 e. The summed E-state index contributed by atoms with van der Waals surface area (Å²) in [6.45, 7) is 9.64.